The topological polar surface area (TPSA) is 79.4 Å². The minimum atomic E-state index is -0.705. The third kappa shape index (κ3) is 3.35. The van der Waals surface area contributed by atoms with E-state index in [1.165, 1.54) is 13.2 Å². The van der Waals surface area contributed by atoms with Crippen LogP contribution in [0.25, 0.3) is 0 Å². The molecule has 0 saturated carbocycles. The maximum atomic E-state index is 14.1. The first kappa shape index (κ1) is 15.7. The molecule has 0 aliphatic rings. The zero-order chi connectivity index (χ0) is 15.3. The Kier molecular flexibility index (Phi) is 5.26. The van der Waals surface area contributed by atoms with Crippen molar-refractivity contribution in [3.63, 3.8) is 0 Å². The molecule has 0 fully saturated rings. The molecule has 0 aromatic heterocycles. The van der Waals surface area contributed by atoms with Crippen molar-refractivity contribution in [1.29, 1.82) is 5.26 Å². The smallest absolute Gasteiger partial charge is 0.313 e. The Balaban J connectivity index is 3.29. The number of ether oxygens (including phenoxy) is 1. The second-order valence-corrected chi connectivity index (χ2v) is 4.43. The van der Waals surface area contributed by atoms with Gasteiger partial charge in [0.05, 0.1) is 36.3 Å². The number of nitrogens with zero attached hydrogens (tertiary/aromatic N) is 3. The van der Waals surface area contributed by atoms with Gasteiger partial charge in [-0.05, 0) is 13.8 Å². The second kappa shape index (κ2) is 6.70. The predicted octanol–water partition coefficient (Wildman–Crippen LogP) is 2.87. The summed E-state index contributed by atoms with van der Waals surface area (Å²) in [5.41, 5.74) is -0.226. The SMILES string of the molecule is COc1cc(N(CCC#N)C(C)C)c(F)cc1[N+](=O)[O-]. The van der Waals surface area contributed by atoms with Crippen LogP contribution in [-0.4, -0.2) is 24.6 Å². The highest BCUT2D eigenvalue weighted by Gasteiger charge is 2.23. The van der Waals surface area contributed by atoms with Gasteiger partial charge in [-0.2, -0.15) is 5.26 Å². The fourth-order valence-corrected chi connectivity index (χ4v) is 1.89. The van der Waals surface area contributed by atoms with Crippen molar-refractivity contribution >= 4 is 11.4 Å². The molecule has 0 atom stereocenters. The minimum Gasteiger partial charge on any atom is -0.490 e. The molecule has 0 aliphatic carbocycles. The number of nitriles is 1. The molecule has 1 aromatic rings. The lowest BCUT2D eigenvalue weighted by atomic mass is 10.2. The van der Waals surface area contributed by atoms with E-state index in [1.54, 1.807) is 4.90 Å². The molecule has 0 radical (unpaired) electrons. The van der Waals surface area contributed by atoms with Gasteiger partial charge in [0.2, 0.25) is 0 Å². The quantitative estimate of drug-likeness (QED) is 0.591. The van der Waals surface area contributed by atoms with Crippen LogP contribution < -0.4 is 9.64 Å². The first-order valence-electron chi connectivity index (χ1n) is 6.07. The summed E-state index contributed by atoms with van der Waals surface area (Å²) in [6, 6.07) is 4.08. The Morgan fingerprint density at radius 1 is 1.55 bits per heavy atom. The number of hydrogen-bond acceptors (Lipinski definition) is 5. The Hall–Kier alpha value is -2.36. The van der Waals surface area contributed by atoms with Crippen molar-refractivity contribution in [2.24, 2.45) is 0 Å². The normalized spacial score (nSPS) is 10.2. The molecule has 1 aromatic carbocycles. The van der Waals surface area contributed by atoms with E-state index < -0.39 is 16.4 Å². The van der Waals surface area contributed by atoms with Crippen LogP contribution in [0.5, 0.6) is 5.75 Å². The van der Waals surface area contributed by atoms with Gasteiger partial charge in [0, 0.05) is 18.7 Å². The molecular weight excluding hydrogens is 265 g/mol. The van der Waals surface area contributed by atoms with Gasteiger partial charge in [0.15, 0.2) is 11.6 Å². The third-order valence-corrected chi connectivity index (χ3v) is 2.84. The highest BCUT2D eigenvalue weighted by Crippen LogP contribution is 2.34. The van der Waals surface area contributed by atoms with Gasteiger partial charge in [-0.1, -0.05) is 0 Å². The monoisotopic (exact) mass is 281 g/mol. The van der Waals surface area contributed by atoms with Crippen molar-refractivity contribution < 1.29 is 14.1 Å². The molecule has 0 spiro atoms. The van der Waals surface area contributed by atoms with E-state index in [1.807, 2.05) is 19.9 Å². The van der Waals surface area contributed by atoms with Crippen molar-refractivity contribution in [2.75, 3.05) is 18.6 Å². The zero-order valence-electron chi connectivity index (χ0n) is 11.6. The van der Waals surface area contributed by atoms with E-state index in [9.17, 15) is 14.5 Å². The lowest BCUT2D eigenvalue weighted by Gasteiger charge is -2.28. The van der Waals surface area contributed by atoms with Gasteiger partial charge < -0.3 is 9.64 Å². The summed E-state index contributed by atoms with van der Waals surface area (Å²) in [5, 5.41) is 19.5. The van der Waals surface area contributed by atoms with Gasteiger partial charge in [-0.25, -0.2) is 4.39 Å². The van der Waals surface area contributed by atoms with E-state index in [0.29, 0.717) is 6.54 Å². The number of hydrogen-bond donors (Lipinski definition) is 0. The molecule has 0 amide bonds. The van der Waals surface area contributed by atoms with Crippen LogP contribution in [0, 0.1) is 27.3 Å². The van der Waals surface area contributed by atoms with Crippen molar-refractivity contribution in [2.45, 2.75) is 26.3 Å². The molecule has 7 heteroatoms. The molecule has 0 heterocycles. The second-order valence-electron chi connectivity index (χ2n) is 4.43. The van der Waals surface area contributed by atoms with Crippen LogP contribution in [0.15, 0.2) is 12.1 Å². The molecule has 0 bridgehead atoms. The number of nitro groups is 1. The largest absolute Gasteiger partial charge is 0.490 e. The molecule has 6 nitrogen and oxygen atoms in total. The van der Waals surface area contributed by atoms with E-state index in [2.05, 4.69) is 0 Å². The average molecular weight is 281 g/mol. The first-order valence-corrected chi connectivity index (χ1v) is 6.07. The van der Waals surface area contributed by atoms with Crippen molar-refractivity contribution in [1.82, 2.24) is 0 Å². The number of halogens is 1. The Morgan fingerprint density at radius 2 is 2.20 bits per heavy atom. The van der Waals surface area contributed by atoms with Crippen LogP contribution in [0.4, 0.5) is 15.8 Å². The van der Waals surface area contributed by atoms with Gasteiger partial charge in [0.1, 0.15) is 0 Å². The maximum Gasteiger partial charge on any atom is 0.313 e. The molecule has 0 N–H and O–H groups in total. The summed E-state index contributed by atoms with van der Waals surface area (Å²) >= 11 is 0. The van der Waals surface area contributed by atoms with E-state index >= 15 is 0 Å². The molecule has 0 aliphatic heterocycles. The number of methoxy groups -OCH3 is 1. The van der Waals surface area contributed by atoms with Gasteiger partial charge in [0.25, 0.3) is 0 Å². The highest BCUT2D eigenvalue weighted by molar-refractivity contribution is 5.60. The molecule has 20 heavy (non-hydrogen) atoms. The molecular formula is C13H16FN3O3. The van der Waals surface area contributed by atoms with E-state index in [0.717, 1.165) is 6.07 Å². The number of anilines is 1. The van der Waals surface area contributed by atoms with Crippen molar-refractivity contribution in [3.8, 4) is 11.8 Å². The molecule has 108 valence electrons. The first-order chi connectivity index (χ1) is 9.42. The van der Waals surface area contributed by atoms with Gasteiger partial charge in [-0.3, -0.25) is 10.1 Å². The Labute approximate surface area is 116 Å². The Morgan fingerprint density at radius 3 is 2.65 bits per heavy atom. The van der Waals surface area contributed by atoms with Crippen LogP contribution >= 0.6 is 0 Å². The summed E-state index contributed by atoms with van der Waals surface area (Å²) in [7, 11) is 1.29. The average Bonchev–Trinajstić information content (AvgIpc) is 2.39. The highest BCUT2D eigenvalue weighted by atomic mass is 19.1. The van der Waals surface area contributed by atoms with Crippen LogP contribution in [-0.2, 0) is 0 Å². The van der Waals surface area contributed by atoms with Gasteiger partial charge >= 0.3 is 5.69 Å². The third-order valence-electron chi connectivity index (χ3n) is 2.84. The lowest BCUT2D eigenvalue weighted by molar-refractivity contribution is -0.385. The van der Waals surface area contributed by atoms with Crippen LogP contribution in [0.3, 0.4) is 0 Å². The van der Waals surface area contributed by atoms with Crippen LogP contribution in [0.2, 0.25) is 0 Å². The number of benzene rings is 1. The van der Waals surface area contributed by atoms with Crippen LogP contribution in [0.1, 0.15) is 20.3 Å². The summed E-state index contributed by atoms with van der Waals surface area (Å²) in [4.78, 5) is 11.8. The minimum absolute atomic E-state index is 0.00555. The summed E-state index contributed by atoms with van der Waals surface area (Å²) in [6.07, 6.45) is 0.233. The summed E-state index contributed by atoms with van der Waals surface area (Å²) < 4.78 is 19.0. The van der Waals surface area contributed by atoms with E-state index in [4.69, 9.17) is 10.00 Å². The van der Waals surface area contributed by atoms with Gasteiger partial charge in [-0.15, -0.1) is 0 Å². The summed E-state index contributed by atoms with van der Waals surface area (Å²) in [5.74, 6) is -0.710. The fraction of sp³-hybridized carbons (Fsp3) is 0.462. The van der Waals surface area contributed by atoms with E-state index in [-0.39, 0.29) is 23.9 Å². The number of rotatable bonds is 6. The standard InChI is InChI=1S/C13H16FN3O3/c1-9(2)16(6-4-5-15)11-8-13(20-3)12(17(18)19)7-10(11)14/h7-9H,4,6H2,1-3H3. The Bertz CT molecular complexity index is 540. The molecule has 0 unspecified atom stereocenters. The zero-order valence-corrected chi connectivity index (χ0v) is 11.6. The fourth-order valence-electron chi connectivity index (χ4n) is 1.89. The predicted molar refractivity (Wildman–Crippen MR) is 72.3 cm³/mol. The van der Waals surface area contributed by atoms with Crippen molar-refractivity contribution in [3.05, 3.63) is 28.1 Å². The maximum absolute atomic E-state index is 14.1. The lowest BCUT2D eigenvalue weighted by Crippen LogP contribution is -2.32. The number of nitro benzene ring substituents is 1. The summed E-state index contributed by atoms with van der Waals surface area (Å²) in [6.45, 7) is 4.04. The molecule has 1 rings (SSSR count). The molecule has 0 saturated heterocycles.